The molecule has 0 aliphatic heterocycles. The minimum Gasteiger partial charge on any atom is -0.480 e. The van der Waals surface area contributed by atoms with Crippen molar-refractivity contribution >= 4 is 23.7 Å². The lowest BCUT2D eigenvalue weighted by molar-refractivity contribution is -0.142. The number of amides is 3. The van der Waals surface area contributed by atoms with E-state index in [2.05, 4.69) is 16.0 Å². The van der Waals surface area contributed by atoms with Crippen molar-refractivity contribution < 1.29 is 28.7 Å². The summed E-state index contributed by atoms with van der Waals surface area (Å²) in [7, 11) is 0. The molecule has 0 aliphatic carbocycles. The summed E-state index contributed by atoms with van der Waals surface area (Å²) in [5, 5.41) is 16.2. The quantitative estimate of drug-likeness (QED) is 0.498. The highest BCUT2D eigenvalue weighted by atomic mass is 16.4. The van der Waals surface area contributed by atoms with Gasteiger partial charge in [0.05, 0.1) is 18.4 Å². The largest absolute Gasteiger partial charge is 0.480 e. The van der Waals surface area contributed by atoms with Crippen LogP contribution in [0.1, 0.15) is 37.6 Å². The number of carbonyl (C=O) groups excluding carboxylic acids is 3. The van der Waals surface area contributed by atoms with E-state index < -0.39 is 35.8 Å². The van der Waals surface area contributed by atoms with E-state index in [4.69, 9.17) is 9.52 Å². The Morgan fingerprint density at radius 2 is 1.84 bits per heavy atom. The van der Waals surface area contributed by atoms with Crippen molar-refractivity contribution in [3.63, 3.8) is 0 Å². The Balaban J connectivity index is 2.42. The molecule has 0 radical (unpaired) electrons. The Morgan fingerprint density at radius 3 is 2.36 bits per heavy atom. The molecule has 1 aromatic rings. The summed E-state index contributed by atoms with van der Waals surface area (Å²) >= 11 is 0. The van der Waals surface area contributed by atoms with Gasteiger partial charge in [0.1, 0.15) is 18.3 Å². The standard InChI is InChI=1S/C16H23N3O6/c1-9(2)6-12(16(23)24)19-13(20)7-17-14(21)10(3)18-15(22)11-4-5-25-8-11/h4-5,8-10,12H,6-7H2,1-3H3,(H,17,21)(H,18,22)(H,19,20)(H,23,24)/t10?,12-/m0/s1. The number of furan rings is 1. The minimum atomic E-state index is -1.13. The van der Waals surface area contributed by atoms with Crippen molar-refractivity contribution in [2.24, 2.45) is 5.92 Å². The predicted molar refractivity (Wildman–Crippen MR) is 87.7 cm³/mol. The number of carboxylic acids is 1. The van der Waals surface area contributed by atoms with Crippen molar-refractivity contribution in [2.75, 3.05) is 6.54 Å². The fourth-order valence-corrected chi connectivity index (χ4v) is 2.00. The fourth-order valence-electron chi connectivity index (χ4n) is 2.00. The van der Waals surface area contributed by atoms with E-state index in [0.29, 0.717) is 0 Å². The van der Waals surface area contributed by atoms with Crippen molar-refractivity contribution in [1.82, 2.24) is 16.0 Å². The molecule has 0 aliphatic rings. The number of hydrogen-bond acceptors (Lipinski definition) is 5. The van der Waals surface area contributed by atoms with Crippen molar-refractivity contribution in [3.8, 4) is 0 Å². The molecule has 1 aromatic heterocycles. The fraction of sp³-hybridized carbons (Fsp3) is 0.500. The number of rotatable bonds is 9. The van der Waals surface area contributed by atoms with Gasteiger partial charge in [-0.05, 0) is 25.3 Å². The lowest BCUT2D eigenvalue weighted by Crippen LogP contribution is -2.50. The second kappa shape index (κ2) is 9.45. The molecule has 0 saturated heterocycles. The summed E-state index contributed by atoms with van der Waals surface area (Å²) in [6.45, 7) is 4.76. The van der Waals surface area contributed by atoms with Crippen LogP contribution in [0.15, 0.2) is 23.0 Å². The zero-order valence-corrected chi connectivity index (χ0v) is 14.4. The van der Waals surface area contributed by atoms with Crippen LogP contribution in [0.25, 0.3) is 0 Å². The normalized spacial score (nSPS) is 13.0. The molecule has 25 heavy (non-hydrogen) atoms. The van der Waals surface area contributed by atoms with Gasteiger partial charge in [0.25, 0.3) is 5.91 Å². The van der Waals surface area contributed by atoms with E-state index in [-0.39, 0.29) is 24.4 Å². The third-order valence-electron chi connectivity index (χ3n) is 3.29. The summed E-state index contributed by atoms with van der Waals surface area (Å²) < 4.78 is 4.78. The Bertz CT molecular complexity index is 611. The lowest BCUT2D eigenvalue weighted by atomic mass is 10.0. The number of hydrogen-bond donors (Lipinski definition) is 4. The monoisotopic (exact) mass is 353 g/mol. The van der Waals surface area contributed by atoms with Crippen LogP contribution in [0.4, 0.5) is 0 Å². The maximum absolute atomic E-state index is 11.9. The highest BCUT2D eigenvalue weighted by Gasteiger charge is 2.22. The summed E-state index contributed by atoms with van der Waals surface area (Å²) in [6.07, 6.45) is 2.86. The third kappa shape index (κ3) is 7.06. The van der Waals surface area contributed by atoms with Crippen LogP contribution < -0.4 is 16.0 Å². The molecule has 1 rings (SSSR count). The van der Waals surface area contributed by atoms with Gasteiger partial charge in [-0.15, -0.1) is 0 Å². The summed E-state index contributed by atoms with van der Waals surface area (Å²) in [5.41, 5.74) is 0.273. The molecule has 0 saturated carbocycles. The van der Waals surface area contributed by atoms with E-state index in [9.17, 15) is 19.2 Å². The molecule has 138 valence electrons. The number of carbonyl (C=O) groups is 4. The van der Waals surface area contributed by atoms with Gasteiger partial charge in [-0.3, -0.25) is 14.4 Å². The van der Waals surface area contributed by atoms with Crippen LogP contribution >= 0.6 is 0 Å². The zero-order chi connectivity index (χ0) is 19.0. The summed E-state index contributed by atoms with van der Waals surface area (Å²) in [5.74, 6) is -2.70. The molecule has 9 nitrogen and oxygen atoms in total. The van der Waals surface area contributed by atoms with Crippen molar-refractivity contribution in [2.45, 2.75) is 39.3 Å². The number of nitrogens with one attached hydrogen (secondary N) is 3. The van der Waals surface area contributed by atoms with Crippen LogP contribution in [0.3, 0.4) is 0 Å². The molecule has 4 N–H and O–H groups in total. The molecular formula is C16H23N3O6. The maximum Gasteiger partial charge on any atom is 0.326 e. The van der Waals surface area contributed by atoms with E-state index in [0.717, 1.165) is 0 Å². The van der Waals surface area contributed by atoms with E-state index in [1.165, 1.54) is 25.5 Å². The average molecular weight is 353 g/mol. The highest BCUT2D eigenvalue weighted by Crippen LogP contribution is 2.04. The molecule has 2 atom stereocenters. The summed E-state index contributed by atoms with van der Waals surface area (Å²) in [4.78, 5) is 46.6. The molecular weight excluding hydrogens is 330 g/mol. The first-order valence-corrected chi connectivity index (χ1v) is 7.83. The first-order chi connectivity index (χ1) is 11.7. The molecule has 3 amide bonds. The topological polar surface area (TPSA) is 138 Å². The van der Waals surface area contributed by atoms with Gasteiger partial charge in [0, 0.05) is 0 Å². The van der Waals surface area contributed by atoms with Gasteiger partial charge in [0.2, 0.25) is 11.8 Å². The van der Waals surface area contributed by atoms with Crippen LogP contribution in [-0.4, -0.2) is 47.4 Å². The number of carboxylic acid groups (broad SMARTS) is 1. The van der Waals surface area contributed by atoms with E-state index in [1.54, 1.807) is 0 Å². The van der Waals surface area contributed by atoms with Gasteiger partial charge >= 0.3 is 5.97 Å². The smallest absolute Gasteiger partial charge is 0.326 e. The Hall–Kier alpha value is -2.84. The van der Waals surface area contributed by atoms with Gasteiger partial charge < -0.3 is 25.5 Å². The van der Waals surface area contributed by atoms with E-state index in [1.807, 2.05) is 13.8 Å². The summed E-state index contributed by atoms with van der Waals surface area (Å²) in [6, 6.07) is -0.433. The molecule has 0 spiro atoms. The van der Waals surface area contributed by atoms with Gasteiger partial charge in [0.15, 0.2) is 0 Å². The van der Waals surface area contributed by atoms with Crippen LogP contribution in [-0.2, 0) is 14.4 Å². The Kier molecular flexibility index (Phi) is 7.64. The minimum absolute atomic E-state index is 0.0918. The van der Waals surface area contributed by atoms with E-state index >= 15 is 0 Å². The predicted octanol–water partition coefficient (Wildman–Crippen LogP) is 0.130. The Morgan fingerprint density at radius 1 is 1.16 bits per heavy atom. The van der Waals surface area contributed by atoms with Crippen molar-refractivity contribution in [1.29, 1.82) is 0 Å². The first kappa shape index (κ1) is 20.2. The van der Waals surface area contributed by atoms with Crippen LogP contribution in [0, 0.1) is 5.92 Å². The first-order valence-electron chi connectivity index (χ1n) is 7.83. The van der Waals surface area contributed by atoms with Gasteiger partial charge in [-0.25, -0.2) is 4.79 Å². The average Bonchev–Trinajstić information content (AvgIpc) is 3.05. The lowest BCUT2D eigenvalue weighted by Gasteiger charge is -2.17. The SMILES string of the molecule is CC(C)C[C@H](NC(=O)CNC(=O)C(C)NC(=O)c1ccoc1)C(=O)O. The van der Waals surface area contributed by atoms with Crippen LogP contribution in [0.5, 0.6) is 0 Å². The third-order valence-corrected chi connectivity index (χ3v) is 3.29. The van der Waals surface area contributed by atoms with Gasteiger partial charge in [-0.2, -0.15) is 0 Å². The maximum atomic E-state index is 11.9. The molecule has 0 fully saturated rings. The second-order valence-electron chi connectivity index (χ2n) is 6.01. The molecule has 9 heteroatoms. The molecule has 1 heterocycles. The number of aliphatic carboxylic acids is 1. The highest BCUT2D eigenvalue weighted by molar-refractivity contribution is 5.97. The Labute approximate surface area is 145 Å². The molecule has 0 bridgehead atoms. The second-order valence-corrected chi connectivity index (χ2v) is 6.01. The van der Waals surface area contributed by atoms with Gasteiger partial charge in [-0.1, -0.05) is 13.8 Å². The van der Waals surface area contributed by atoms with Crippen LogP contribution in [0.2, 0.25) is 0 Å². The molecule has 1 unspecified atom stereocenters. The zero-order valence-electron chi connectivity index (χ0n) is 14.4. The molecule has 0 aromatic carbocycles. The van der Waals surface area contributed by atoms with Crippen molar-refractivity contribution in [3.05, 3.63) is 24.2 Å².